The maximum absolute atomic E-state index is 9.79. The molecular weight excluding hydrogens is 335 g/mol. The van der Waals surface area contributed by atoms with Crippen molar-refractivity contribution in [2.45, 2.75) is 31.8 Å². The van der Waals surface area contributed by atoms with E-state index in [-0.39, 0.29) is 12.4 Å². The number of benzene rings is 1. The van der Waals surface area contributed by atoms with Crippen LogP contribution < -0.4 is 0 Å². The number of phenols is 1. The van der Waals surface area contributed by atoms with E-state index in [4.69, 9.17) is 28.3 Å². The van der Waals surface area contributed by atoms with Gasteiger partial charge in [0.15, 0.2) is 0 Å². The van der Waals surface area contributed by atoms with Crippen LogP contribution in [0.3, 0.4) is 0 Å². The quantitative estimate of drug-likeness (QED) is 0.817. The van der Waals surface area contributed by atoms with E-state index in [0.717, 1.165) is 37.9 Å². The predicted molar refractivity (Wildman–Crippen MR) is 95.3 cm³/mol. The molecule has 0 saturated carbocycles. The Bertz CT molecular complexity index is 526. The van der Waals surface area contributed by atoms with E-state index in [1.165, 1.54) is 6.07 Å². The Morgan fingerprint density at radius 3 is 2.70 bits per heavy atom. The SMILES string of the molecule is CN(C)[C@H]1CCN(Cc2c(Cl)ccc(O)c2Cl)C[C@H]1CCCO. The first kappa shape index (κ1) is 18.8. The van der Waals surface area contributed by atoms with Crippen molar-refractivity contribution in [1.29, 1.82) is 0 Å². The molecule has 0 radical (unpaired) electrons. The molecule has 2 atom stereocenters. The molecule has 1 aromatic rings. The molecule has 1 aliphatic heterocycles. The highest BCUT2D eigenvalue weighted by Crippen LogP contribution is 2.34. The molecule has 0 spiro atoms. The van der Waals surface area contributed by atoms with Gasteiger partial charge in [0, 0.05) is 36.3 Å². The first-order chi connectivity index (χ1) is 10.9. The smallest absolute Gasteiger partial charge is 0.134 e. The number of hydrogen-bond donors (Lipinski definition) is 2. The van der Waals surface area contributed by atoms with E-state index in [1.807, 2.05) is 0 Å². The lowest BCUT2D eigenvalue weighted by Gasteiger charge is -2.42. The van der Waals surface area contributed by atoms with Gasteiger partial charge in [-0.15, -0.1) is 0 Å². The van der Waals surface area contributed by atoms with Crippen molar-refractivity contribution in [3.63, 3.8) is 0 Å². The van der Waals surface area contributed by atoms with Gasteiger partial charge in [0.2, 0.25) is 0 Å². The zero-order valence-electron chi connectivity index (χ0n) is 13.8. The Morgan fingerprint density at radius 1 is 1.30 bits per heavy atom. The maximum atomic E-state index is 9.79. The van der Waals surface area contributed by atoms with Crippen LogP contribution in [-0.2, 0) is 6.54 Å². The van der Waals surface area contributed by atoms with Gasteiger partial charge in [0.25, 0.3) is 0 Å². The van der Waals surface area contributed by atoms with Crippen LogP contribution in [0.4, 0.5) is 0 Å². The number of aromatic hydroxyl groups is 1. The largest absolute Gasteiger partial charge is 0.506 e. The molecule has 6 heteroatoms. The van der Waals surface area contributed by atoms with Gasteiger partial charge in [0.1, 0.15) is 5.75 Å². The number of aliphatic hydroxyl groups excluding tert-OH is 1. The van der Waals surface area contributed by atoms with Gasteiger partial charge in [-0.2, -0.15) is 0 Å². The van der Waals surface area contributed by atoms with E-state index >= 15 is 0 Å². The molecule has 2 rings (SSSR count). The summed E-state index contributed by atoms with van der Waals surface area (Å²) in [4.78, 5) is 4.63. The van der Waals surface area contributed by atoms with Gasteiger partial charge in [-0.3, -0.25) is 4.90 Å². The van der Waals surface area contributed by atoms with E-state index in [0.29, 0.717) is 28.5 Å². The van der Waals surface area contributed by atoms with Crippen LogP contribution in [0.1, 0.15) is 24.8 Å². The molecule has 130 valence electrons. The third-order valence-electron chi connectivity index (χ3n) is 4.72. The molecule has 0 aliphatic carbocycles. The fourth-order valence-corrected chi connectivity index (χ4v) is 4.00. The average molecular weight is 361 g/mol. The number of phenolic OH excluding ortho intramolecular Hbond substituents is 1. The summed E-state index contributed by atoms with van der Waals surface area (Å²) in [7, 11) is 4.24. The second-order valence-corrected chi connectivity index (χ2v) is 7.32. The van der Waals surface area contributed by atoms with Crippen molar-refractivity contribution < 1.29 is 10.2 Å². The van der Waals surface area contributed by atoms with Gasteiger partial charge in [-0.05, 0) is 58.0 Å². The number of likely N-dealkylation sites (tertiary alicyclic amines) is 1. The zero-order valence-corrected chi connectivity index (χ0v) is 15.3. The van der Waals surface area contributed by atoms with E-state index < -0.39 is 0 Å². The van der Waals surface area contributed by atoms with Crippen molar-refractivity contribution >= 4 is 23.2 Å². The Labute approximate surface area is 148 Å². The van der Waals surface area contributed by atoms with Crippen LogP contribution in [0, 0.1) is 5.92 Å². The lowest BCUT2D eigenvalue weighted by Crippen LogP contribution is -2.48. The lowest BCUT2D eigenvalue weighted by molar-refractivity contribution is 0.0717. The topological polar surface area (TPSA) is 46.9 Å². The second kappa shape index (κ2) is 8.54. The average Bonchev–Trinajstić information content (AvgIpc) is 2.53. The molecule has 0 bridgehead atoms. The minimum absolute atomic E-state index is 0.0751. The number of piperidine rings is 1. The predicted octanol–water partition coefficient (Wildman–Crippen LogP) is 3.22. The zero-order chi connectivity index (χ0) is 17.0. The summed E-state index contributed by atoms with van der Waals surface area (Å²) in [5, 5.41) is 19.9. The highest BCUT2D eigenvalue weighted by molar-refractivity contribution is 6.36. The van der Waals surface area contributed by atoms with Crippen molar-refractivity contribution in [1.82, 2.24) is 9.80 Å². The van der Waals surface area contributed by atoms with Gasteiger partial charge in [-0.25, -0.2) is 0 Å². The first-order valence-corrected chi connectivity index (χ1v) is 8.85. The molecule has 1 aliphatic rings. The van der Waals surface area contributed by atoms with E-state index in [1.54, 1.807) is 6.07 Å². The lowest BCUT2D eigenvalue weighted by atomic mass is 9.87. The van der Waals surface area contributed by atoms with E-state index in [9.17, 15) is 5.11 Å². The number of rotatable bonds is 6. The molecule has 0 amide bonds. The second-order valence-electron chi connectivity index (χ2n) is 6.54. The van der Waals surface area contributed by atoms with Gasteiger partial charge >= 0.3 is 0 Å². The number of halogens is 2. The molecule has 0 aromatic heterocycles. The Hall–Kier alpha value is -0.520. The molecule has 1 heterocycles. The summed E-state index contributed by atoms with van der Waals surface area (Å²) in [5.74, 6) is 0.590. The fraction of sp³-hybridized carbons (Fsp3) is 0.647. The van der Waals surface area contributed by atoms with Crippen LogP contribution in [0.5, 0.6) is 5.75 Å². The minimum atomic E-state index is 0.0751. The van der Waals surface area contributed by atoms with Crippen molar-refractivity contribution in [2.75, 3.05) is 33.8 Å². The van der Waals surface area contributed by atoms with Crippen LogP contribution in [0.15, 0.2) is 12.1 Å². The molecule has 1 saturated heterocycles. The minimum Gasteiger partial charge on any atom is -0.506 e. The summed E-state index contributed by atoms with van der Waals surface area (Å²) in [5.41, 5.74) is 0.789. The van der Waals surface area contributed by atoms with Crippen LogP contribution >= 0.6 is 23.2 Å². The van der Waals surface area contributed by atoms with Crippen LogP contribution in [-0.4, -0.2) is 59.8 Å². The Balaban J connectivity index is 2.08. The highest BCUT2D eigenvalue weighted by atomic mass is 35.5. The normalized spacial score (nSPS) is 22.7. The monoisotopic (exact) mass is 360 g/mol. The van der Waals surface area contributed by atoms with Crippen molar-refractivity contribution in [3.8, 4) is 5.75 Å². The van der Waals surface area contributed by atoms with E-state index in [2.05, 4.69) is 23.9 Å². The standard InChI is InChI=1S/C17H26Cl2N2O2/c1-20(2)15-7-8-21(10-12(15)4-3-9-22)11-13-14(18)5-6-16(23)17(13)19/h5-6,12,15,22-23H,3-4,7-11H2,1-2H3/t12-,15+/m1/s1. The van der Waals surface area contributed by atoms with Gasteiger partial charge in [0.05, 0.1) is 5.02 Å². The van der Waals surface area contributed by atoms with Crippen molar-refractivity contribution in [3.05, 3.63) is 27.7 Å². The summed E-state index contributed by atoms with van der Waals surface area (Å²) in [6.45, 7) is 2.80. The molecule has 2 N–H and O–H groups in total. The summed E-state index contributed by atoms with van der Waals surface area (Å²) < 4.78 is 0. The summed E-state index contributed by atoms with van der Waals surface area (Å²) in [6.07, 6.45) is 2.92. The highest BCUT2D eigenvalue weighted by Gasteiger charge is 2.30. The third-order valence-corrected chi connectivity index (χ3v) is 5.50. The third kappa shape index (κ3) is 4.74. The summed E-state index contributed by atoms with van der Waals surface area (Å²) in [6, 6.07) is 3.75. The molecule has 4 nitrogen and oxygen atoms in total. The molecule has 0 unspecified atom stereocenters. The fourth-order valence-electron chi connectivity index (χ4n) is 3.51. The summed E-state index contributed by atoms with van der Waals surface area (Å²) >= 11 is 12.5. The maximum Gasteiger partial charge on any atom is 0.134 e. The molecule has 23 heavy (non-hydrogen) atoms. The van der Waals surface area contributed by atoms with Crippen molar-refractivity contribution in [2.24, 2.45) is 5.92 Å². The molecule has 1 fully saturated rings. The number of hydrogen-bond acceptors (Lipinski definition) is 4. The van der Waals surface area contributed by atoms with Gasteiger partial charge < -0.3 is 15.1 Å². The molecular formula is C17H26Cl2N2O2. The van der Waals surface area contributed by atoms with Gasteiger partial charge in [-0.1, -0.05) is 23.2 Å². The number of aliphatic hydroxyl groups is 1. The van der Waals surface area contributed by atoms with Crippen LogP contribution in [0.25, 0.3) is 0 Å². The van der Waals surface area contributed by atoms with Crippen LogP contribution in [0.2, 0.25) is 10.0 Å². The Kier molecular flexibility index (Phi) is 6.99. The molecule has 1 aromatic carbocycles. The Morgan fingerprint density at radius 2 is 2.04 bits per heavy atom. The number of nitrogens with zero attached hydrogens (tertiary/aromatic N) is 2. The first-order valence-electron chi connectivity index (χ1n) is 8.09.